The van der Waals surface area contributed by atoms with E-state index < -0.39 is 20.5 Å². The number of nitrogens with zero attached hydrogens (tertiary/aromatic N) is 1. The highest BCUT2D eigenvalue weighted by molar-refractivity contribution is 7.86. The van der Waals surface area contributed by atoms with Crippen LogP contribution in [0.2, 0.25) is 0 Å². The van der Waals surface area contributed by atoms with Gasteiger partial charge in [0.05, 0.1) is 4.92 Å². The number of hydrogen-bond donors (Lipinski definition) is 2. The molecule has 0 aliphatic carbocycles. The number of non-ortho nitro benzene ring substituents is 1. The van der Waals surface area contributed by atoms with Gasteiger partial charge in [-0.1, -0.05) is 12.1 Å². The molecule has 0 radical (unpaired) electrons. The molecule has 0 atom stereocenters. The number of halogens is 3. The van der Waals surface area contributed by atoms with E-state index in [0.29, 0.717) is 6.54 Å². The zero-order valence-electron chi connectivity index (χ0n) is 9.16. The van der Waals surface area contributed by atoms with Gasteiger partial charge >= 0.3 is 15.6 Å². The monoisotopic (exact) mass is 302 g/mol. The first kappa shape index (κ1) is 17.3. The molecule has 0 aromatic heterocycles. The van der Waals surface area contributed by atoms with Crippen LogP contribution in [0.1, 0.15) is 5.56 Å². The summed E-state index contributed by atoms with van der Waals surface area (Å²) in [6.45, 7) is 0.415. The van der Waals surface area contributed by atoms with Gasteiger partial charge in [-0.3, -0.25) is 14.7 Å². The first-order valence-corrected chi connectivity index (χ1v) is 5.90. The zero-order chi connectivity index (χ0) is 15.3. The minimum Gasteiger partial charge on any atom is -0.326 e. The Balaban J connectivity index is 0.000000362. The van der Waals surface area contributed by atoms with Crippen LogP contribution in [-0.4, -0.2) is 23.4 Å². The molecule has 0 fully saturated rings. The summed E-state index contributed by atoms with van der Waals surface area (Å²) in [7, 11) is -5.84. The summed E-state index contributed by atoms with van der Waals surface area (Å²) < 4.78 is 57.5. The van der Waals surface area contributed by atoms with Crippen molar-refractivity contribution in [2.75, 3.05) is 0 Å². The summed E-state index contributed by atoms with van der Waals surface area (Å²) in [6.07, 6.45) is 0. The van der Waals surface area contributed by atoms with Crippen molar-refractivity contribution < 1.29 is 31.1 Å². The molecule has 1 aromatic carbocycles. The summed E-state index contributed by atoms with van der Waals surface area (Å²) in [5.74, 6) is 0. The molecule has 0 heterocycles. The van der Waals surface area contributed by atoms with Gasteiger partial charge < -0.3 is 5.73 Å². The van der Waals surface area contributed by atoms with Gasteiger partial charge in [0, 0.05) is 18.7 Å². The second-order valence-corrected chi connectivity index (χ2v) is 4.46. The Kier molecular flexibility index (Phi) is 5.86. The maximum atomic E-state index is 10.7. The van der Waals surface area contributed by atoms with E-state index in [1.54, 1.807) is 12.1 Å². The molecule has 0 saturated carbocycles. The quantitative estimate of drug-likeness (QED) is 0.369. The topological polar surface area (TPSA) is 124 Å². The third kappa shape index (κ3) is 6.13. The summed E-state index contributed by atoms with van der Waals surface area (Å²) in [4.78, 5) is 9.74. The van der Waals surface area contributed by atoms with Gasteiger partial charge in [-0.15, -0.1) is 0 Å². The van der Waals surface area contributed by atoms with E-state index in [9.17, 15) is 23.3 Å². The van der Waals surface area contributed by atoms with Crippen LogP contribution in [0.3, 0.4) is 0 Å². The summed E-state index contributed by atoms with van der Waals surface area (Å²) >= 11 is 0. The molecule has 1 aromatic rings. The van der Waals surface area contributed by atoms with Crippen LogP contribution < -0.4 is 5.73 Å². The summed E-state index contributed by atoms with van der Waals surface area (Å²) in [5, 5.41) is 10.2. The van der Waals surface area contributed by atoms with Crippen LogP contribution in [0.4, 0.5) is 18.9 Å². The summed E-state index contributed by atoms with van der Waals surface area (Å²) in [6, 6.07) is 6.20. The number of hydrogen-bond acceptors (Lipinski definition) is 5. The zero-order valence-corrected chi connectivity index (χ0v) is 9.98. The highest BCUT2D eigenvalue weighted by Gasteiger charge is 2.44. The van der Waals surface area contributed by atoms with Crippen molar-refractivity contribution in [1.82, 2.24) is 0 Å². The van der Waals surface area contributed by atoms with Crippen LogP contribution in [0.25, 0.3) is 0 Å². The lowest BCUT2D eigenvalue weighted by Gasteiger charge is -1.97. The Morgan fingerprint density at radius 1 is 1.26 bits per heavy atom. The minimum absolute atomic E-state index is 0.0993. The van der Waals surface area contributed by atoms with E-state index in [1.807, 2.05) is 0 Å². The fourth-order valence-electron chi connectivity index (χ4n) is 0.754. The van der Waals surface area contributed by atoms with Crippen LogP contribution in [0.15, 0.2) is 24.3 Å². The van der Waals surface area contributed by atoms with E-state index in [2.05, 4.69) is 0 Å². The highest BCUT2D eigenvalue weighted by atomic mass is 32.2. The van der Waals surface area contributed by atoms with E-state index in [4.69, 9.17) is 18.7 Å². The maximum Gasteiger partial charge on any atom is 0.522 e. The fraction of sp³-hybridized carbons (Fsp3) is 0.250. The highest BCUT2D eigenvalue weighted by Crippen LogP contribution is 2.20. The molecular weight excluding hydrogens is 293 g/mol. The first-order chi connectivity index (χ1) is 8.49. The molecule has 3 N–H and O–H groups in total. The lowest BCUT2D eigenvalue weighted by Crippen LogP contribution is -2.21. The molecule has 108 valence electrons. The Labute approximate surface area is 105 Å². The smallest absolute Gasteiger partial charge is 0.326 e. The lowest BCUT2D eigenvalue weighted by atomic mass is 10.2. The predicted octanol–water partition coefficient (Wildman–Crippen LogP) is 1.45. The van der Waals surface area contributed by atoms with Gasteiger partial charge in [-0.2, -0.15) is 21.6 Å². The van der Waals surface area contributed by atoms with Gasteiger partial charge in [0.25, 0.3) is 5.69 Å². The maximum absolute atomic E-state index is 10.7. The van der Waals surface area contributed by atoms with E-state index in [-0.39, 0.29) is 5.69 Å². The summed E-state index contributed by atoms with van der Waals surface area (Å²) in [5.41, 5.74) is 0.769. The molecule has 11 heteroatoms. The molecule has 0 aliphatic rings. The Morgan fingerprint density at radius 3 is 1.84 bits per heavy atom. The van der Waals surface area contributed by atoms with Crippen LogP contribution >= 0.6 is 0 Å². The van der Waals surface area contributed by atoms with Gasteiger partial charge in [0.2, 0.25) is 0 Å². The Morgan fingerprint density at radius 2 is 1.63 bits per heavy atom. The Bertz CT molecular complexity index is 526. The third-order valence-corrected chi connectivity index (χ3v) is 2.26. The normalized spacial score (nSPS) is 11.4. The van der Waals surface area contributed by atoms with Crippen molar-refractivity contribution in [2.24, 2.45) is 5.73 Å². The third-order valence-electron chi connectivity index (χ3n) is 1.68. The second kappa shape index (κ2) is 6.45. The molecule has 1 rings (SSSR count). The molecule has 0 spiro atoms. The lowest BCUT2D eigenvalue weighted by molar-refractivity contribution is -0.384. The number of nitrogens with two attached hydrogens (primary N) is 1. The number of rotatable bonds is 2. The van der Waals surface area contributed by atoms with Crippen molar-refractivity contribution in [1.29, 1.82) is 0 Å². The van der Waals surface area contributed by atoms with E-state index >= 15 is 0 Å². The molecule has 19 heavy (non-hydrogen) atoms. The number of nitro benzene ring substituents is 1. The Hall–Kier alpha value is -1.72. The van der Waals surface area contributed by atoms with Gasteiger partial charge in [-0.05, 0) is 5.56 Å². The number of nitro groups is 1. The SMILES string of the molecule is NCc1ccc([N+](=O)[O-])cc1.O=S(=O)(O)C(F)(F)F. The van der Waals surface area contributed by atoms with E-state index in [0.717, 1.165) is 5.56 Å². The molecule has 0 bridgehead atoms. The second-order valence-electron chi connectivity index (χ2n) is 3.05. The molecule has 0 amide bonds. The molecule has 0 unspecified atom stereocenters. The fourth-order valence-corrected chi connectivity index (χ4v) is 0.754. The van der Waals surface area contributed by atoms with Crippen molar-refractivity contribution in [3.8, 4) is 0 Å². The predicted molar refractivity (Wildman–Crippen MR) is 58.6 cm³/mol. The minimum atomic E-state index is -5.84. The van der Waals surface area contributed by atoms with Crippen molar-refractivity contribution >= 4 is 15.8 Å². The number of benzene rings is 1. The van der Waals surface area contributed by atoms with E-state index in [1.165, 1.54) is 12.1 Å². The molecular formula is C8H9F3N2O5S. The van der Waals surface area contributed by atoms with Gasteiger partial charge in [0.1, 0.15) is 0 Å². The van der Waals surface area contributed by atoms with Crippen LogP contribution in [-0.2, 0) is 16.7 Å². The van der Waals surface area contributed by atoms with Crippen LogP contribution in [0, 0.1) is 10.1 Å². The number of alkyl halides is 3. The molecule has 0 saturated heterocycles. The molecule has 0 aliphatic heterocycles. The average Bonchev–Trinajstić information content (AvgIpc) is 2.27. The average molecular weight is 302 g/mol. The standard InChI is InChI=1S/C7H8N2O2.CHF3O3S/c8-5-6-1-3-7(4-2-6)9(10)11;2-1(3,4)8(5,6)7/h1-4H,5,8H2;(H,5,6,7). The van der Waals surface area contributed by atoms with Crippen molar-refractivity contribution in [2.45, 2.75) is 12.1 Å². The molecule has 7 nitrogen and oxygen atoms in total. The van der Waals surface area contributed by atoms with Gasteiger partial charge in [0.15, 0.2) is 0 Å². The first-order valence-electron chi connectivity index (χ1n) is 4.46. The van der Waals surface area contributed by atoms with Crippen LogP contribution in [0.5, 0.6) is 0 Å². The van der Waals surface area contributed by atoms with Crippen molar-refractivity contribution in [3.05, 3.63) is 39.9 Å². The van der Waals surface area contributed by atoms with Gasteiger partial charge in [-0.25, -0.2) is 0 Å². The van der Waals surface area contributed by atoms with Crippen molar-refractivity contribution in [3.63, 3.8) is 0 Å². The largest absolute Gasteiger partial charge is 0.522 e.